The first kappa shape index (κ1) is 16.3. The van der Waals surface area contributed by atoms with E-state index in [1.54, 1.807) is 18.2 Å². The number of benzene rings is 1. The lowest BCUT2D eigenvalue weighted by Crippen LogP contribution is -2.40. The molecule has 2 rings (SSSR count). The Labute approximate surface area is 128 Å². The van der Waals surface area contributed by atoms with Gasteiger partial charge in [-0.25, -0.2) is 13.1 Å². The van der Waals surface area contributed by atoms with Gasteiger partial charge in [0.25, 0.3) is 0 Å². The van der Waals surface area contributed by atoms with Gasteiger partial charge in [-0.05, 0) is 49.8 Å². The number of nitrogen functional groups attached to an aromatic ring is 1. The van der Waals surface area contributed by atoms with E-state index in [-0.39, 0.29) is 10.9 Å². The number of hydrogen-bond acceptors (Lipinski definition) is 3. The van der Waals surface area contributed by atoms with Crippen molar-refractivity contribution < 1.29 is 8.42 Å². The third-order valence-corrected chi connectivity index (χ3v) is 6.01. The summed E-state index contributed by atoms with van der Waals surface area (Å²) < 4.78 is 28.0. The largest absolute Gasteiger partial charge is 0.398 e. The van der Waals surface area contributed by atoms with E-state index >= 15 is 0 Å². The molecule has 21 heavy (non-hydrogen) atoms. The highest BCUT2D eigenvalue weighted by atomic mass is 32.2. The van der Waals surface area contributed by atoms with Crippen molar-refractivity contribution in [1.82, 2.24) is 4.72 Å². The van der Waals surface area contributed by atoms with Crippen molar-refractivity contribution in [3.05, 3.63) is 23.8 Å². The Kier molecular flexibility index (Phi) is 5.27. The van der Waals surface area contributed by atoms with Gasteiger partial charge >= 0.3 is 0 Å². The number of nitrogens with one attached hydrogen (secondary N) is 1. The molecule has 3 N–H and O–H groups in total. The lowest BCUT2D eigenvalue weighted by atomic mass is 9.83. The van der Waals surface area contributed by atoms with Gasteiger partial charge in [0.15, 0.2) is 0 Å². The fourth-order valence-electron chi connectivity index (χ4n) is 3.10. The van der Waals surface area contributed by atoms with Crippen LogP contribution < -0.4 is 10.5 Å². The Hall–Kier alpha value is -1.07. The summed E-state index contributed by atoms with van der Waals surface area (Å²) in [5, 5.41) is 0. The van der Waals surface area contributed by atoms with Crippen molar-refractivity contribution in [3.63, 3.8) is 0 Å². The molecule has 118 valence electrons. The molecule has 1 saturated carbocycles. The van der Waals surface area contributed by atoms with E-state index in [9.17, 15) is 8.42 Å². The summed E-state index contributed by atoms with van der Waals surface area (Å²) >= 11 is 0. The number of nitrogens with two attached hydrogens (primary N) is 1. The first-order chi connectivity index (χ1) is 9.94. The fourth-order valence-corrected chi connectivity index (χ4v) is 4.53. The molecule has 1 aromatic rings. The smallest absolute Gasteiger partial charge is 0.240 e. The summed E-state index contributed by atoms with van der Waals surface area (Å²) in [5.74, 6) is 0.460. The molecule has 1 aliphatic rings. The molecule has 0 amide bonds. The molecule has 1 fully saturated rings. The second-order valence-corrected chi connectivity index (χ2v) is 7.77. The van der Waals surface area contributed by atoms with Gasteiger partial charge in [0.2, 0.25) is 10.0 Å². The molecule has 0 saturated heterocycles. The van der Waals surface area contributed by atoms with E-state index in [1.807, 2.05) is 13.8 Å². The minimum atomic E-state index is -3.49. The summed E-state index contributed by atoms with van der Waals surface area (Å²) in [6, 6.07) is 4.95. The summed E-state index contributed by atoms with van der Waals surface area (Å²) in [6.45, 7) is 3.92. The van der Waals surface area contributed by atoms with Crippen molar-refractivity contribution in [2.75, 3.05) is 5.73 Å². The molecule has 5 heteroatoms. The SMILES string of the molecule is CCC(NS(=O)(=O)c1ccc(C)c(N)c1)C1CCCCC1. The molecule has 4 nitrogen and oxygen atoms in total. The van der Waals surface area contributed by atoms with E-state index in [4.69, 9.17) is 5.73 Å². The van der Waals surface area contributed by atoms with Crippen LogP contribution in [-0.2, 0) is 10.0 Å². The minimum Gasteiger partial charge on any atom is -0.398 e. The van der Waals surface area contributed by atoms with Crippen LogP contribution in [-0.4, -0.2) is 14.5 Å². The van der Waals surface area contributed by atoms with Crippen LogP contribution in [0.5, 0.6) is 0 Å². The van der Waals surface area contributed by atoms with E-state index in [0.29, 0.717) is 11.6 Å². The van der Waals surface area contributed by atoms with Gasteiger partial charge in [-0.1, -0.05) is 32.3 Å². The molecule has 0 aromatic heterocycles. The second-order valence-electron chi connectivity index (χ2n) is 6.05. The van der Waals surface area contributed by atoms with E-state index in [1.165, 1.54) is 19.3 Å². The molecule has 1 aromatic carbocycles. The Morgan fingerprint density at radius 1 is 1.29 bits per heavy atom. The fraction of sp³-hybridized carbons (Fsp3) is 0.625. The predicted octanol–water partition coefficient (Wildman–Crippen LogP) is 3.21. The van der Waals surface area contributed by atoms with Gasteiger partial charge in [-0.2, -0.15) is 0 Å². The monoisotopic (exact) mass is 310 g/mol. The highest BCUT2D eigenvalue weighted by molar-refractivity contribution is 7.89. The van der Waals surface area contributed by atoms with Crippen LogP contribution in [0, 0.1) is 12.8 Å². The quantitative estimate of drug-likeness (QED) is 0.820. The van der Waals surface area contributed by atoms with Crippen molar-refractivity contribution in [3.8, 4) is 0 Å². The van der Waals surface area contributed by atoms with E-state index in [2.05, 4.69) is 4.72 Å². The highest BCUT2D eigenvalue weighted by Gasteiger charge is 2.27. The average molecular weight is 310 g/mol. The first-order valence-corrected chi connectivity index (χ1v) is 9.31. The Balaban J connectivity index is 2.16. The maximum atomic E-state index is 12.5. The van der Waals surface area contributed by atoms with Gasteiger partial charge in [0, 0.05) is 11.7 Å². The van der Waals surface area contributed by atoms with Crippen molar-refractivity contribution >= 4 is 15.7 Å². The van der Waals surface area contributed by atoms with Crippen LogP contribution in [0.4, 0.5) is 5.69 Å². The molecule has 0 bridgehead atoms. The zero-order valence-electron chi connectivity index (χ0n) is 12.9. The van der Waals surface area contributed by atoms with Gasteiger partial charge in [0.1, 0.15) is 0 Å². The molecular formula is C16H26N2O2S. The highest BCUT2D eigenvalue weighted by Crippen LogP contribution is 2.29. The van der Waals surface area contributed by atoms with Crippen molar-refractivity contribution in [2.45, 2.75) is 63.3 Å². The van der Waals surface area contributed by atoms with Crippen molar-refractivity contribution in [2.24, 2.45) is 5.92 Å². The molecule has 1 unspecified atom stereocenters. The molecule has 1 atom stereocenters. The molecule has 0 radical (unpaired) electrons. The normalized spacial score (nSPS) is 18.6. The number of rotatable bonds is 5. The summed E-state index contributed by atoms with van der Waals surface area (Å²) in [7, 11) is -3.49. The summed E-state index contributed by atoms with van der Waals surface area (Å²) in [6.07, 6.45) is 6.76. The van der Waals surface area contributed by atoms with Crippen LogP contribution in [0.25, 0.3) is 0 Å². The third kappa shape index (κ3) is 3.98. The number of hydrogen-bond donors (Lipinski definition) is 2. The number of sulfonamides is 1. The van der Waals surface area contributed by atoms with Crippen LogP contribution in [0.15, 0.2) is 23.1 Å². The summed E-state index contributed by atoms with van der Waals surface area (Å²) in [5.41, 5.74) is 7.24. The average Bonchev–Trinajstić information content (AvgIpc) is 2.48. The van der Waals surface area contributed by atoms with Crippen LogP contribution in [0.2, 0.25) is 0 Å². The van der Waals surface area contributed by atoms with Crippen molar-refractivity contribution in [1.29, 1.82) is 0 Å². The topological polar surface area (TPSA) is 72.2 Å². The minimum absolute atomic E-state index is 0.0258. The zero-order valence-corrected chi connectivity index (χ0v) is 13.7. The van der Waals surface area contributed by atoms with Gasteiger partial charge in [-0.3, -0.25) is 0 Å². The molecule has 0 aliphatic heterocycles. The van der Waals surface area contributed by atoms with Gasteiger partial charge < -0.3 is 5.73 Å². The molecular weight excluding hydrogens is 284 g/mol. The Morgan fingerprint density at radius 3 is 2.52 bits per heavy atom. The van der Waals surface area contributed by atoms with E-state index < -0.39 is 10.0 Å². The lowest BCUT2D eigenvalue weighted by Gasteiger charge is -2.30. The number of aryl methyl sites for hydroxylation is 1. The second kappa shape index (κ2) is 6.79. The number of anilines is 1. The third-order valence-electron chi connectivity index (χ3n) is 4.53. The summed E-state index contributed by atoms with van der Waals surface area (Å²) in [4.78, 5) is 0.264. The lowest BCUT2D eigenvalue weighted by molar-refractivity contribution is 0.285. The Bertz CT molecular complexity index is 578. The first-order valence-electron chi connectivity index (χ1n) is 7.82. The van der Waals surface area contributed by atoms with E-state index in [0.717, 1.165) is 24.8 Å². The molecule has 0 heterocycles. The predicted molar refractivity (Wildman–Crippen MR) is 86.6 cm³/mol. The Morgan fingerprint density at radius 2 is 1.95 bits per heavy atom. The molecule has 0 spiro atoms. The van der Waals surface area contributed by atoms with Crippen LogP contribution in [0.1, 0.15) is 51.0 Å². The van der Waals surface area contributed by atoms with Gasteiger partial charge in [0.05, 0.1) is 4.90 Å². The van der Waals surface area contributed by atoms with Crippen LogP contribution in [0.3, 0.4) is 0 Å². The zero-order chi connectivity index (χ0) is 15.5. The molecule has 1 aliphatic carbocycles. The van der Waals surface area contributed by atoms with Crippen LogP contribution >= 0.6 is 0 Å². The maximum absolute atomic E-state index is 12.5. The van der Waals surface area contributed by atoms with Gasteiger partial charge in [-0.15, -0.1) is 0 Å². The maximum Gasteiger partial charge on any atom is 0.240 e. The standard InChI is InChI=1S/C16H26N2O2S/c1-3-16(13-7-5-4-6-8-13)18-21(19,20)14-10-9-12(2)15(17)11-14/h9-11,13,16,18H,3-8,17H2,1-2H3.